The summed E-state index contributed by atoms with van der Waals surface area (Å²) in [6.45, 7) is 12.4. The number of rotatable bonds is 5. The number of hydrogen-bond acceptors (Lipinski definition) is 4. The quantitative estimate of drug-likeness (QED) is 0.270. The minimum atomic E-state index is -2.72. The Hall–Kier alpha value is -3.75. The van der Waals surface area contributed by atoms with E-state index in [1.54, 1.807) is 0 Å². The van der Waals surface area contributed by atoms with Crippen LogP contribution in [0.5, 0.6) is 5.75 Å². The molecular formula is C31H33N3OSi2. The van der Waals surface area contributed by atoms with Crippen molar-refractivity contribution in [3.63, 3.8) is 0 Å². The molecule has 0 amide bonds. The minimum absolute atomic E-state index is 0.782. The first kappa shape index (κ1) is 23.6. The summed E-state index contributed by atoms with van der Waals surface area (Å²) in [6.07, 6.45) is 0. The Kier molecular flexibility index (Phi) is 5.93. The Bertz CT molecular complexity index is 1350. The van der Waals surface area contributed by atoms with Crippen LogP contribution in [-0.2, 0) is 6.54 Å². The van der Waals surface area contributed by atoms with E-state index in [9.17, 15) is 0 Å². The molecule has 0 N–H and O–H groups in total. The zero-order valence-electron chi connectivity index (χ0n) is 21.5. The summed E-state index contributed by atoms with van der Waals surface area (Å²) in [7, 11) is -5.25. The molecule has 0 aromatic heterocycles. The lowest BCUT2D eigenvalue weighted by Gasteiger charge is -2.56. The fourth-order valence-corrected chi connectivity index (χ4v) is 19.8. The van der Waals surface area contributed by atoms with Crippen molar-refractivity contribution in [1.29, 1.82) is 0 Å². The predicted octanol–water partition coefficient (Wildman–Crippen LogP) is 6.80. The van der Waals surface area contributed by atoms with Gasteiger partial charge in [0.05, 0.1) is 0 Å². The fraction of sp³-hybridized carbons (Fsp3) is 0.161. The number of fused-ring (bicyclic) bond motifs is 1. The van der Waals surface area contributed by atoms with Crippen molar-refractivity contribution in [1.82, 2.24) is 4.57 Å². The van der Waals surface area contributed by atoms with E-state index in [4.69, 9.17) is 11.0 Å². The second kappa shape index (κ2) is 9.28. The highest BCUT2D eigenvalue weighted by atomic mass is 29.3. The predicted molar refractivity (Wildman–Crippen MR) is 159 cm³/mol. The summed E-state index contributed by atoms with van der Waals surface area (Å²) >= 11 is 0. The monoisotopic (exact) mass is 519 g/mol. The van der Waals surface area contributed by atoms with E-state index in [1.807, 2.05) is 0 Å². The van der Waals surface area contributed by atoms with Gasteiger partial charge in [0.2, 0.25) is 0 Å². The van der Waals surface area contributed by atoms with E-state index >= 15 is 0 Å². The first-order chi connectivity index (χ1) is 18.0. The van der Waals surface area contributed by atoms with Gasteiger partial charge in [0, 0.05) is 42.3 Å². The van der Waals surface area contributed by atoms with Gasteiger partial charge < -0.3 is 18.1 Å². The summed E-state index contributed by atoms with van der Waals surface area (Å²) in [4.78, 5) is 0. The maximum atomic E-state index is 7.35. The summed E-state index contributed by atoms with van der Waals surface area (Å²) in [5.74, 6) is 0.965. The summed E-state index contributed by atoms with van der Waals surface area (Å²) < 4.78 is 15.3. The van der Waals surface area contributed by atoms with Gasteiger partial charge in [-0.3, -0.25) is 0 Å². The molecule has 37 heavy (non-hydrogen) atoms. The van der Waals surface area contributed by atoms with Gasteiger partial charge in [0.1, 0.15) is 5.75 Å². The van der Waals surface area contributed by atoms with Gasteiger partial charge in [-0.2, -0.15) is 0 Å². The molecule has 1 unspecified atom stereocenters. The maximum absolute atomic E-state index is 7.35. The number of anilines is 2. The van der Waals surface area contributed by atoms with Crippen LogP contribution < -0.4 is 13.6 Å². The van der Waals surface area contributed by atoms with Crippen LogP contribution in [0.25, 0.3) is 5.70 Å². The molecule has 0 saturated carbocycles. The Morgan fingerprint density at radius 1 is 0.676 bits per heavy atom. The van der Waals surface area contributed by atoms with Crippen molar-refractivity contribution in [3.8, 4) is 5.75 Å². The molecule has 0 spiro atoms. The van der Waals surface area contributed by atoms with Crippen LogP contribution in [0.4, 0.5) is 11.4 Å². The van der Waals surface area contributed by atoms with E-state index in [-0.39, 0.29) is 0 Å². The van der Waals surface area contributed by atoms with Crippen molar-refractivity contribution < 1.29 is 4.43 Å². The molecule has 2 aliphatic heterocycles. The molecule has 1 saturated heterocycles. The Morgan fingerprint density at radius 3 is 1.73 bits per heavy atom. The largest absolute Gasteiger partial charge is 0.524 e. The molecule has 1 fully saturated rings. The Morgan fingerprint density at radius 2 is 1.16 bits per heavy atom. The van der Waals surface area contributed by atoms with Crippen molar-refractivity contribution in [3.05, 3.63) is 133 Å². The topological polar surface area (TPSA) is 19.0 Å². The molecule has 0 aliphatic carbocycles. The first-order valence-electron chi connectivity index (χ1n) is 13.0. The molecule has 1 atom stereocenters. The zero-order chi connectivity index (χ0) is 25.5. The lowest BCUT2D eigenvalue weighted by atomic mass is 10.1. The van der Waals surface area contributed by atoms with Crippen molar-refractivity contribution >= 4 is 33.0 Å². The number of hydrogen-bond donors (Lipinski definition) is 0. The molecule has 186 valence electrons. The highest BCUT2D eigenvalue weighted by molar-refractivity contribution is 7.41. The SMILES string of the molecule is C=C1c2ccccc2O[Si](C)([Si]2(C)N(c3ccccc3)CCN2c2ccccc2)N1Cc1ccccc1. The molecule has 4 aromatic rings. The van der Waals surface area contributed by atoms with Crippen LogP contribution in [-0.4, -0.2) is 33.6 Å². The van der Waals surface area contributed by atoms with Gasteiger partial charge in [-0.05, 0) is 55.1 Å². The van der Waals surface area contributed by atoms with E-state index in [0.29, 0.717) is 0 Å². The highest BCUT2D eigenvalue weighted by Gasteiger charge is 2.69. The van der Waals surface area contributed by atoms with Crippen LogP contribution in [0.1, 0.15) is 11.1 Å². The molecule has 6 heteroatoms. The van der Waals surface area contributed by atoms with Gasteiger partial charge in [-0.15, -0.1) is 0 Å². The Labute approximate surface area is 222 Å². The number of benzene rings is 4. The van der Waals surface area contributed by atoms with Gasteiger partial charge in [0.15, 0.2) is 0 Å². The third kappa shape index (κ3) is 3.79. The van der Waals surface area contributed by atoms with Crippen molar-refractivity contribution in [2.75, 3.05) is 22.2 Å². The van der Waals surface area contributed by atoms with Crippen LogP contribution >= 0.6 is 0 Å². The lowest BCUT2D eigenvalue weighted by Crippen LogP contribution is -2.83. The normalized spacial score (nSPS) is 20.5. The first-order valence-corrected chi connectivity index (χ1v) is 18.7. The van der Waals surface area contributed by atoms with Gasteiger partial charge in [-0.25, -0.2) is 0 Å². The van der Waals surface area contributed by atoms with Gasteiger partial charge in [-0.1, -0.05) is 85.4 Å². The van der Waals surface area contributed by atoms with Gasteiger partial charge in [0.25, 0.3) is 0 Å². The fourth-order valence-electron chi connectivity index (χ4n) is 6.09. The van der Waals surface area contributed by atoms with E-state index in [2.05, 4.69) is 142 Å². The third-order valence-electron chi connectivity index (χ3n) is 8.14. The van der Waals surface area contributed by atoms with Crippen LogP contribution in [0, 0.1) is 0 Å². The minimum Gasteiger partial charge on any atom is -0.524 e. The average molecular weight is 520 g/mol. The van der Waals surface area contributed by atoms with Crippen molar-refractivity contribution in [2.45, 2.75) is 19.6 Å². The second-order valence-corrected chi connectivity index (χ2v) is 21.6. The molecule has 0 radical (unpaired) electrons. The van der Waals surface area contributed by atoms with Gasteiger partial charge >= 0.3 is 15.9 Å². The van der Waals surface area contributed by atoms with E-state index in [1.165, 1.54) is 16.9 Å². The van der Waals surface area contributed by atoms with Crippen LogP contribution in [0.2, 0.25) is 13.1 Å². The number of nitrogens with zero attached hydrogens (tertiary/aromatic N) is 3. The van der Waals surface area contributed by atoms with Crippen molar-refractivity contribution in [2.24, 2.45) is 0 Å². The number of para-hydroxylation sites is 3. The van der Waals surface area contributed by atoms with Crippen LogP contribution in [0.15, 0.2) is 122 Å². The van der Waals surface area contributed by atoms with E-state index < -0.39 is 15.9 Å². The molecular weight excluding hydrogens is 487 g/mol. The summed E-state index contributed by atoms with van der Waals surface area (Å²) in [5.41, 5.74) is 5.99. The average Bonchev–Trinajstić information content (AvgIpc) is 3.31. The van der Waals surface area contributed by atoms with E-state index in [0.717, 1.165) is 36.6 Å². The second-order valence-electron chi connectivity index (χ2n) is 10.1. The maximum Gasteiger partial charge on any atom is 0.385 e. The van der Waals surface area contributed by atoms with Crippen LogP contribution in [0.3, 0.4) is 0 Å². The smallest absolute Gasteiger partial charge is 0.385 e. The molecule has 2 aliphatic rings. The standard InChI is InChI=1S/C31H33N3OSi2/c1-26-30-21-13-14-22-31(30)35-37(3,34(26)25-27-15-7-4-8-16-27)36(2)32(28-17-9-5-10-18-28)23-24-33(36)29-19-11-6-12-20-29/h4-22H,1,23-25H2,2-3H3. The lowest BCUT2D eigenvalue weighted by molar-refractivity contribution is 0.425. The molecule has 0 bridgehead atoms. The third-order valence-corrected chi connectivity index (χ3v) is 23.1. The summed E-state index contributed by atoms with van der Waals surface area (Å²) in [5, 5.41) is 0. The molecule has 4 aromatic carbocycles. The highest BCUT2D eigenvalue weighted by Crippen LogP contribution is 2.47. The summed E-state index contributed by atoms with van der Waals surface area (Å²) in [6, 6.07) is 41.0. The Balaban J connectivity index is 1.56. The molecule has 6 rings (SSSR count). The molecule has 4 nitrogen and oxygen atoms in total. The zero-order valence-corrected chi connectivity index (χ0v) is 23.5. The molecule has 2 heterocycles.